The van der Waals surface area contributed by atoms with Crippen molar-refractivity contribution >= 4 is 23.3 Å². The molecule has 1 rings (SSSR count). The maximum atomic E-state index is 10.8. The van der Waals surface area contributed by atoms with Gasteiger partial charge in [-0.1, -0.05) is 32.4 Å². The van der Waals surface area contributed by atoms with Crippen LogP contribution in [-0.4, -0.2) is 16.1 Å². The molecule has 0 radical (unpaired) electrons. The molecule has 78 valence electrons. The van der Waals surface area contributed by atoms with Crippen molar-refractivity contribution in [1.82, 2.24) is 10.2 Å². The molecule has 1 amide bonds. The van der Waals surface area contributed by atoms with E-state index in [9.17, 15) is 4.79 Å². The summed E-state index contributed by atoms with van der Waals surface area (Å²) in [4.78, 5) is 10.8. The van der Waals surface area contributed by atoms with Gasteiger partial charge in [0.2, 0.25) is 5.91 Å². The van der Waals surface area contributed by atoms with Crippen LogP contribution in [0, 0.1) is 0 Å². The van der Waals surface area contributed by atoms with Gasteiger partial charge in [-0.3, -0.25) is 9.89 Å². The summed E-state index contributed by atoms with van der Waals surface area (Å²) in [6.07, 6.45) is 0. The quantitative estimate of drug-likeness (QED) is 0.756. The van der Waals surface area contributed by atoms with Crippen molar-refractivity contribution in [2.45, 2.75) is 33.1 Å². The second-order valence-corrected chi connectivity index (χ2v) is 4.57. The molecule has 0 aromatic carbocycles. The number of halogens is 1. The summed E-state index contributed by atoms with van der Waals surface area (Å²) in [7, 11) is 0. The Morgan fingerprint density at radius 2 is 2.07 bits per heavy atom. The second-order valence-electron chi connectivity index (χ2n) is 4.19. The van der Waals surface area contributed by atoms with Crippen molar-refractivity contribution in [2.24, 2.45) is 0 Å². The molecular weight excluding hydrogens is 202 g/mol. The lowest BCUT2D eigenvalue weighted by atomic mass is 9.92. The summed E-state index contributed by atoms with van der Waals surface area (Å²) < 4.78 is 0. The molecule has 0 aliphatic rings. The van der Waals surface area contributed by atoms with Crippen molar-refractivity contribution in [3.8, 4) is 0 Å². The van der Waals surface area contributed by atoms with Gasteiger partial charge < -0.3 is 5.32 Å². The second kappa shape index (κ2) is 3.61. The van der Waals surface area contributed by atoms with Gasteiger partial charge in [-0.15, -0.1) is 0 Å². The molecule has 1 aromatic heterocycles. The Kier molecular flexibility index (Phi) is 2.85. The van der Waals surface area contributed by atoms with Gasteiger partial charge in [-0.2, -0.15) is 5.10 Å². The molecule has 0 aliphatic carbocycles. The number of H-pyrrole nitrogens is 1. The third-order valence-corrected chi connectivity index (χ3v) is 2.12. The van der Waals surface area contributed by atoms with Gasteiger partial charge >= 0.3 is 0 Å². The average Bonchev–Trinajstić information content (AvgIpc) is 2.30. The summed E-state index contributed by atoms with van der Waals surface area (Å²) in [6, 6.07) is 0. The fourth-order valence-corrected chi connectivity index (χ4v) is 1.49. The standard InChI is InChI=1S/C9H14ClN3O/c1-5(14)11-8-6(10)7(12-13-8)9(2,3)4/h1-4H3,(H2,11,12,13,14). The first kappa shape index (κ1) is 11.0. The zero-order chi connectivity index (χ0) is 10.9. The molecule has 0 aliphatic heterocycles. The van der Waals surface area contributed by atoms with Crippen LogP contribution in [0.5, 0.6) is 0 Å². The summed E-state index contributed by atoms with van der Waals surface area (Å²) in [6.45, 7) is 7.47. The number of hydrogen-bond acceptors (Lipinski definition) is 2. The predicted octanol–water partition coefficient (Wildman–Crippen LogP) is 2.32. The Balaban J connectivity index is 3.03. The first-order chi connectivity index (χ1) is 6.32. The van der Waals surface area contributed by atoms with E-state index in [1.54, 1.807) is 0 Å². The number of aromatic amines is 1. The van der Waals surface area contributed by atoms with E-state index in [0.29, 0.717) is 10.8 Å². The number of rotatable bonds is 1. The lowest BCUT2D eigenvalue weighted by Crippen LogP contribution is -2.12. The van der Waals surface area contributed by atoms with Crippen LogP contribution in [0.4, 0.5) is 5.82 Å². The van der Waals surface area contributed by atoms with Crippen LogP contribution in [0.2, 0.25) is 5.02 Å². The first-order valence-electron chi connectivity index (χ1n) is 4.34. The van der Waals surface area contributed by atoms with Crippen molar-refractivity contribution in [2.75, 3.05) is 5.32 Å². The molecule has 5 heteroatoms. The number of amides is 1. The highest BCUT2D eigenvalue weighted by Gasteiger charge is 2.22. The van der Waals surface area contributed by atoms with Gasteiger partial charge in [0.05, 0.1) is 5.69 Å². The number of nitrogens with zero attached hydrogens (tertiary/aromatic N) is 1. The van der Waals surface area contributed by atoms with E-state index in [-0.39, 0.29) is 11.3 Å². The van der Waals surface area contributed by atoms with Crippen LogP contribution in [0.3, 0.4) is 0 Å². The average molecular weight is 216 g/mol. The number of anilines is 1. The minimum absolute atomic E-state index is 0.110. The van der Waals surface area contributed by atoms with Crippen molar-refractivity contribution in [3.63, 3.8) is 0 Å². The molecule has 0 atom stereocenters. The van der Waals surface area contributed by atoms with Crippen molar-refractivity contribution < 1.29 is 4.79 Å². The highest BCUT2D eigenvalue weighted by molar-refractivity contribution is 6.34. The Morgan fingerprint density at radius 1 is 1.50 bits per heavy atom. The maximum absolute atomic E-state index is 10.8. The van der Waals surface area contributed by atoms with Gasteiger partial charge in [-0.25, -0.2) is 0 Å². The van der Waals surface area contributed by atoms with Crippen molar-refractivity contribution in [1.29, 1.82) is 0 Å². The molecule has 1 aromatic rings. The van der Waals surface area contributed by atoms with Crippen LogP contribution >= 0.6 is 11.6 Å². The van der Waals surface area contributed by atoms with Gasteiger partial charge in [0.1, 0.15) is 5.02 Å². The Bertz CT molecular complexity index is 351. The summed E-state index contributed by atoms with van der Waals surface area (Å²) >= 11 is 6.04. The Labute approximate surface area is 88.0 Å². The topological polar surface area (TPSA) is 57.8 Å². The fourth-order valence-electron chi connectivity index (χ4n) is 1.07. The van der Waals surface area contributed by atoms with Crippen molar-refractivity contribution in [3.05, 3.63) is 10.7 Å². The highest BCUT2D eigenvalue weighted by atomic mass is 35.5. The lowest BCUT2D eigenvalue weighted by Gasteiger charge is -2.16. The fraction of sp³-hybridized carbons (Fsp3) is 0.556. The summed E-state index contributed by atoms with van der Waals surface area (Å²) in [5.74, 6) is 0.211. The van der Waals surface area contributed by atoms with Gasteiger partial charge in [0.15, 0.2) is 5.82 Å². The molecule has 0 saturated heterocycles. The molecule has 2 N–H and O–H groups in total. The maximum Gasteiger partial charge on any atom is 0.222 e. The third kappa shape index (κ3) is 2.26. The minimum atomic E-state index is -0.182. The van der Waals surface area contributed by atoms with Crippen LogP contribution in [0.25, 0.3) is 0 Å². The SMILES string of the molecule is CC(=O)Nc1n[nH]c(C(C)(C)C)c1Cl. The molecule has 0 saturated carbocycles. The Hall–Kier alpha value is -1.03. The zero-order valence-electron chi connectivity index (χ0n) is 8.73. The molecular formula is C9H14ClN3O. The van der Waals surface area contributed by atoms with E-state index in [1.807, 2.05) is 20.8 Å². The highest BCUT2D eigenvalue weighted by Crippen LogP contribution is 2.31. The summed E-state index contributed by atoms with van der Waals surface area (Å²) in [5, 5.41) is 9.79. The van der Waals surface area contributed by atoms with E-state index < -0.39 is 0 Å². The zero-order valence-corrected chi connectivity index (χ0v) is 9.49. The predicted molar refractivity (Wildman–Crippen MR) is 56.6 cm³/mol. The molecule has 1 heterocycles. The number of nitrogens with one attached hydrogen (secondary N) is 2. The smallest absolute Gasteiger partial charge is 0.222 e. The monoisotopic (exact) mass is 215 g/mol. The number of carbonyl (C=O) groups is 1. The third-order valence-electron chi connectivity index (χ3n) is 1.75. The largest absolute Gasteiger partial charge is 0.308 e. The molecule has 14 heavy (non-hydrogen) atoms. The molecule has 0 fully saturated rings. The van der Waals surface area contributed by atoms with Crippen LogP contribution < -0.4 is 5.32 Å². The number of carbonyl (C=O) groups excluding carboxylic acids is 1. The first-order valence-corrected chi connectivity index (χ1v) is 4.72. The normalized spacial score (nSPS) is 11.5. The lowest BCUT2D eigenvalue weighted by molar-refractivity contribution is -0.114. The number of hydrogen-bond donors (Lipinski definition) is 2. The van der Waals surface area contributed by atoms with Crippen LogP contribution in [0.1, 0.15) is 33.4 Å². The van der Waals surface area contributed by atoms with Crippen LogP contribution in [0.15, 0.2) is 0 Å². The molecule has 0 bridgehead atoms. The van der Waals surface area contributed by atoms with E-state index in [0.717, 1.165) is 5.69 Å². The molecule has 4 nitrogen and oxygen atoms in total. The van der Waals surface area contributed by atoms with Gasteiger partial charge in [0.25, 0.3) is 0 Å². The van der Waals surface area contributed by atoms with Gasteiger partial charge in [-0.05, 0) is 0 Å². The minimum Gasteiger partial charge on any atom is -0.308 e. The van der Waals surface area contributed by atoms with E-state index >= 15 is 0 Å². The summed E-state index contributed by atoms with van der Waals surface area (Å²) in [5.41, 5.74) is 0.712. The van der Waals surface area contributed by atoms with Crippen LogP contribution in [-0.2, 0) is 10.2 Å². The van der Waals surface area contributed by atoms with Gasteiger partial charge in [0, 0.05) is 12.3 Å². The van der Waals surface area contributed by atoms with E-state index in [1.165, 1.54) is 6.92 Å². The van der Waals surface area contributed by atoms with E-state index in [4.69, 9.17) is 11.6 Å². The van der Waals surface area contributed by atoms with E-state index in [2.05, 4.69) is 15.5 Å². The molecule has 0 unspecified atom stereocenters. The number of aromatic nitrogens is 2. The Morgan fingerprint density at radius 3 is 2.43 bits per heavy atom. The molecule has 0 spiro atoms.